The van der Waals surface area contributed by atoms with Gasteiger partial charge in [-0.15, -0.1) is 11.8 Å². The van der Waals surface area contributed by atoms with E-state index in [1.807, 2.05) is 42.7 Å². The standard InChI is InChI=1S/C16H13FN2S/c1-20-16-14(12-8-5-9-13(17)10-12)15(18-19-16)11-6-3-2-4-7-11/h2-10H,1H3,(H,18,19). The van der Waals surface area contributed by atoms with Crippen molar-refractivity contribution in [2.24, 2.45) is 0 Å². The normalized spacial score (nSPS) is 10.7. The molecule has 1 N–H and O–H groups in total. The Hall–Kier alpha value is -2.07. The first-order chi connectivity index (χ1) is 9.79. The van der Waals surface area contributed by atoms with Crippen LogP contribution < -0.4 is 0 Å². The van der Waals surface area contributed by atoms with Crippen molar-refractivity contribution in [1.82, 2.24) is 10.2 Å². The lowest BCUT2D eigenvalue weighted by Crippen LogP contribution is -1.84. The van der Waals surface area contributed by atoms with Gasteiger partial charge in [0.2, 0.25) is 0 Å². The highest BCUT2D eigenvalue weighted by atomic mass is 32.2. The summed E-state index contributed by atoms with van der Waals surface area (Å²) in [5.41, 5.74) is 3.74. The minimum atomic E-state index is -0.241. The monoisotopic (exact) mass is 284 g/mol. The largest absolute Gasteiger partial charge is 0.276 e. The molecule has 0 amide bonds. The topological polar surface area (TPSA) is 28.7 Å². The summed E-state index contributed by atoms with van der Waals surface area (Å²) in [5, 5.41) is 8.27. The van der Waals surface area contributed by atoms with Gasteiger partial charge < -0.3 is 0 Å². The molecule has 0 bridgehead atoms. The third kappa shape index (κ3) is 2.34. The quantitative estimate of drug-likeness (QED) is 0.712. The van der Waals surface area contributed by atoms with Gasteiger partial charge in [-0.05, 0) is 24.0 Å². The molecule has 0 saturated heterocycles. The number of nitrogens with zero attached hydrogens (tertiary/aromatic N) is 1. The highest BCUT2D eigenvalue weighted by Gasteiger charge is 2.16. The number of rotatable bonds is 3. The van der Waals surface area contributed by atoms with Crippen LogP contribution in [0.3, 0.4) is 0 Å². The van der Waals surface area contributed by atoms with Gasteiger partial charge in [0.05, 0.1) is 5.69 Å². The number of benzene rings is 2. The van der Waals surface area contributed by atoms with Gasteiger partial charge >= 0.3 is 0 Å². The zero-order valence-electron chi connectivity index (χ0n) is 10.9. The summed E-state index contributed by atoms with van der Waals surface area (Å²) >= 11 is 1.55. The average molecular weight is 284 g/mol. The molecule has 2 nitrogen and oxygen atoms in total. The minimum absolute atomic E-state index is 0.241. The molecule has 0 radical (unpaired) electrons. The van der Waals surface area contributed by atoms with Crippen LogP contribution in [0, 0.1) is 5.82 Å². The Morgan fingerprint density at radius 3 is 2.45 bits per heavy atom. The summed E-state index contributed by atoms with van der Waals surface area (Å²) in [6.45, 7) is 0. The number of H-pyrrole nitrogens is 1. The Kier molecular flexibility index (Phi) is 3.56. The fraction of sp³-hybridized carbons (Fsp3) is 0.0625. The molecule has 3 rings (SSSR count). The van der Waals surface area contributed by atoms with Gasteiger partial charge in [0.25, 0.3) is 0 Å². The second kappa shape index (κ2) is 5.51. The highest BCUT2D eigenvalue weighted by Crippen LogP contribution is 2.37. The molecule has 3 aromatic rings. The Morgan fingerprint density at radius 1 is 1.00 bits per heavy atom. The van der Waals surface area contributed by atoms with E-state index in [1.165, 1.54) is 12.1 Å². The first-order valence-electron chi connectivity index (χ1n) is 6.23. The van der Waals surface area contributed by atoms with Crippen molar-refractivity contribution in [2.45, 2.75) is 5.03 Å². The molecule has 4 heteroatoms. The highest BCUT2D eigenvalue weighted by molar-refractivity contribution is 7.98. The summed E-state index contributed by atoms with van der Waals surface area (Å²) in [5.74, 6) is -0.241. The number of hydrogen-bond acceptors (Lipinski definition) is 2. The third-order valence-corrected chi connectivity index (χ3v) is 3.78. The Labute approximate surface area is 121 Å². The lowest BCUT2D eigenvalue weighted by molar-refractivity contribution is 0.628. The van der Waals surface area contributed by atoms with Gasteiger partial charge in [-0.3, -0.25) is 5.10 Å². The summed E-state index contributed by atoms with van der Waals surface area (Å²) < 4.78 is 13.5. The number of nitrogens with one attached hydrogen (secondary N) is 1. The minimum Gasteiger partial charge on any atom is -0.276 e. The first kappa shape index (κ1) is 12.9. The predicted molar refractivity (Wildman–Crippen MR) is 81.2 cm³/mol. The maximum atomic E-state index is 13.5. The number of aromatic nitrogens is 2. The fourth-order valence-corrected chi connectivity index (χ4v) is 2.76. The summed E-state index contributed by atoms with van der Waals surface area (Å²) in [6, 6.07) is 16.6. The van der Waals surface area contributed by atoms with Crippen LogP contribution >= 0.6 is 11.8 Å². The molecule has 0 aliphatic heterocycles. The number of halogens is 1. The molecule has 0 spiro atoms. The Balaban J connectivity index is 2.21. The molecule has 20 heavy (non-hydrogen) atoms. The van der Waals surface area contributed by atoms with Crippen molar-refractivity contribution >= 4 is 11.8 Å². The van der Waals surface area contributed by atoms with E-state index in [2.05, 4.69) is 10.2 Å². The molecule has 0 fully saturated rings. The molecule has 0 aliphatic rings. The summed E-state index contributed by atoms with van der Waals surface area (Å²) in [6.07, 6.45) is 1.97. The Bertz CT molecular complexity index is 722. The van der Waals surface area contributed by atoms with Gasteiger partial charge in [0.15, 0.2) is 0 Å². The molecular formula is C16H13FN2S. The van der Waals surface area contributed by atoms with E-state index < -0.39 is 0 Å². The molecule has 2 aromatic carbocycles. The summed E-state index contributed by atoms with van der Waals surface area (Å²) in [7, 11) is 0. The smallest absolute Gasteiger partial charge is 0.126 e. The maximum absolute atomic E-state index is 13.5. The van der Waals surface area contributed by atoms with Crippen LogP contribution in [0.2, 0.25) is 0 Å². The van der Waals surface area contributed by atoms with Crippen molar-refractivity contribution in [3.05, 3.63) is 60.4 Å². The lowest BCUT2D eigenvalue weighted by atomic mass is 10.0. The van der Waals surface area contributed by atoms with Crippen LogP contribution in [-0.4, -0.2) is 16.5 Å². The van der Waals surface area contributed by atoms with Crippen molar-refractivity contribution in [3.63, 3.8) is 0 Å². The van der Waals surface area contributed by atoms with Crippen LogP contribution in [0.4, 0.5) is 4.39 Å². The second-order valence-corrected chi connectivity index (χ2v) is 5.15. The molecule has 1 heterocycles. The van der Waals surface area contributed by atoms with Crippen molar-refractivity contribution in [2.75, 3.05) is 6.26 Å². The van der Waals surface area contributed by atoms with Gasteiger partial charge in [-0.25, -0.2) is 4.39 Å². The molecule has 1 aromatic heterocycles. The van der Waals surface area contributed by atoms with Gasteiger partial charge in [-0.2, -0.15) is 5.10 Å². The van der Waals surface area contributed by atoms with E-state index >= 15 is 0 Å². The Morgan fingerprint density at radius 2 is 1.75 bits per heavy atom. The van der Waals surface area contributed by atoms with Crippen LogP contribution in [0.15, 0.2) is 59.6 Å². The fourth-order valence-electron chi connectivity index (χ4n) is 2.20. The van der Waals surface area contributed by atoms with Crippen LogP contribution in [0.1, 0.15) is 0 Å². The summed E-state index contributed by atoms with van der Waals surface area (Å²) in [4.78, 5) is 0. The van der Waals surface area contributed by atoms with Gasteiger partial charge in [-0.1, -0.05) is 42.5 Å². The predicted octanol–water partition coefficient (Wildman–Crippen LogP) is 4.60. The zero-order chi connectivity index (χ0) is 13.9. The van der Waals surface area contributed by atoms with Gasteiger partial charge in [0, 0.05) is 11.1 Å². The van der Waals surface area contributed by atoms with E-state index in [9.17, 15) is 4.39 Å². The molecular weight excluding hydrogens is 271 g/mol. The van der Waals surface area contributed by atoms with Crippen molar-refractivity contribution in [3.8, 4) is 22.4 Å². The SMILES string of the molecule is CSc1n[nH]c(-c2ccccc2)c1-c1cccc(F)c1. The lowest BCUT2D eigenvalue weighted by Gasteiger charge is -2.05. The third-order valence-electron chi connectivity index (χ3n) is 3.10. The van der Waals surface area contributed by atoms with E-state index in [1.54, 1.807) is 17.8 Å². The molecule has 0 saturated carbocycles. The van der Waals surface area contributed by atoms with Gasteiger partial charge in [0.1, 0.15) is 10.8 Å². The maximum Gasteiger partial charge on any atom is 0.126 e. The van der Waals surface area contributed by atoms with E-state index in [0.29, 0.717) is 0 Å². The van der Waals surface area contributed by atoms with Crippen LogP contribution in [0.5, 0.6) is 0 Å². The number of hydrogen-bond donors (Lipinski definition) is 1. The van der Waals surface area contributed by atoms with E-state index in [-0.39, 0.29) is 5.82 Å². The number of thioether (sulfide) groups is 1. The van der Waals surface area contributed by atoms with Crippen molar-refractivity contribution < 1.29 is 4.39 Å². The molecule has 0 aliphatic carbocycles. The van der Waals surface area contributed by atoms with E-state index in [0.717, 1.165) is 27.4 Å². The molecule has 0 atom stereocenters. The van der Waals surface area contributed by atoms with Crippen LogP contribution in [0.25, 0.3) is 22.4 Å². The van der Waals surface area contributed by atoms with E-state index in [4.69, 9.17) is 0 Å². The zero-order valence-corrected chi connectivity index (χ0v) is 11.7. The van der Waals surface area contributed by atoms with Crippen LogP contribution in [-0.2, 0) is 0 Å². The molecule has 100 valence electrons. The first-order valence-corrected chi connectivity index (χ1v) is 7.46. The second-order valence-electron chi connectivity index (χ2n) is 4.36. The van der Waals surface area contributed by atoms with Crippen molar-refractivity contribution in [1.29, 1.82) is 0 Å². The molecule has 0 unspecified atom stereocenters. The number of aromatic amines is 1. The average Bonchev–Trinajstić information content (AvgIpc) is 2.92.